The largest absolute Gasteiger partial charge is 0.450 e. The number of ether oxygens (including phenoxy) is 1. The predicted molar refractivity (Wildman–Crippen MR) is 96.6 cm³/mol. The molecule has 1 N–H and O–H groups in total. The zero-order valence-corrected chi connectivity index (χ0v) is 14.9. The van der Waals surface area contributed by atoms with Crippen molar-refractivity contribution >= 4 is 23.3 Å². The van der Waals surface area contributed by atoms with Gasteiger partial charge in [0.1, 0.15) is 5.01 Å². The molecule has 2 amide bonds. The molecule has 2 aromatic rings. The highest BCUT2D eigenvalue weighted by molar-refractivity contribution is 7.13. The summed E-state index contributed by atoms with van der Waals surface area (Å²) in [5, 5.41) is 5.88. The Morgan fingerprint density at radius 2 is 2.16 bits per heavy atom. The van der Waals surface area contributed by atoms with Crippen molar-refractivity contribution in [2.24, 2.45) is 0 Å². The molecule has 1 aliphatic heterocycles. The molecule has 0 atom stereocenters. The first-order valence-electron chi connectivity index (χ1n) is 8.40. The molecule has 132 valence electrons. The summed E-state index contributed by atoms with van der Waals surface area (Å²) in [6.07, 6.45) is 2.95. The van der Waals surface area contributed by atoms with Gasteiger partial charge in [0.05, 0.1) is 6.61 Å². The van der Waals surface area contributed by atoms with E-state index in [1.165, 1.54) is 0 Å². The second-order valence-electron chi connectivity index (χ2n) is 5.85. The van der Waals surface area contributed by atoms with E-state index < -0.39 is 0 Å². The first kappa shape index (κ1) is 17.4. The number of nitrogens with one attached hydrogen (secondary N) is 1. The first-order chi connectivity index (χ1) is 12.2. The summed E-state index contributed by atoms with van der Waals surface area (Å²) in [7, 11) is 0. The molecule has 1 aliphatic rings. The molecule has 1 aromatic heterocycles. The maximum absolute atomic E-state index is 12.5. The van der Waals surface area contributed by atoms with E-state index >= 15 is 0 Å². The Labute approximate surface area is 150 Å². The van der Waals surface area contributed by atoms with Gasteiger partial charge in [0, 0.05) is 41.8 Å². The standard InChI is InChI=1S/C18H21N3O3S/c1-2-24-18(23)21-9-6-15(7-10-21)20-16(22)13-4-3-5-14(12-13)17-19-8-11-25-17/h3-5,8,11-12,15H,2,6-7,9-10H2,1H3,(H,20,22). The number of thiazole rings is 1. The van der Waals surface area contributed by atoms with Gasteiger partial charge in [-0.15, -0.1) is 11.3 Å². The molecule has 0 spiro atoms. The summed E-state index contributed by atoms with van der Waals surface area (Å²) in [4.78, 5) is 30.2. The lowest BCUT2D eigenvalue weighted by Gasteiger charge is -2.31. The second kappa shape index (κ2) is 8.11. The van der Waals surface area contributed by atoms with Gasteiger partial charge < -0.3 is 15.0 Å². The Kier molecular flexibility index (Phi) is 5.65. The number of benzene rings is 1. The summed E-state index contributed by atoms with van der Waals surface area (Å²) in [6.45, 7) is 3.38. The van der Waals surface area contributed by atoms with Crippen LogP contribution in [0.4, 0.5) is 4.79 Å². The van der Waals surface area contributed by atoms with Gasteiger partial charge in [-0.25, -0.2) is 9.78 Å². The molecular formula is C18H21N3O3S. The number of rotatable bonds is 4. The van der Waals surface area contributed by atoms with Crippen molar-refractivity contribution in [2.75, 3.05) is 19.7 Å². The van der Waals surface area contributed by atoms with Crippen molar-refractivity contribution in [3.63, 3.8) is 0 Å². The molecule has 1 saturated heterocycles. The monoisotopic (exact) mass is 359 g/mol. The van der Waals surface area contributed by atoms with Gasteiger partial charge >= 0.3 is 6.09 Å². The van der Waals surface area contributed by atoms with Crippen molar-refractivity contribution in [2.45, 2.75) is 25.8 Å². The maximum Gasteiger partial charge on any atom is 0.409 e. The van der Waals surface area contributed by atoms with Crippen LogP contribution in [0.1, 0.15) is 30.1 Å². The molecular weight excluding hydrogens is 338 g/mol. The molecule has 0 radical (unpaired) electrons. The van der Waals surface area contributed by atoms with Gasteiger partial charge in [-0.3, -0.25) is 4.79 Å². The van der Waals surface area contributed by atoms with Crippen molar-refractivity contribution in [1.29, 1.82) is 0 Å². The molecule has 0 saturated carbocycles. The molecule has 7 heteroatoms. The number of amides is 2. The van der Waals surface area contributed by atoms with E-state index in [2.05, 4.69) is 10.3 Å². The fourth-order valence-corrected chi connectivity index (χ4v) is 3.48. The number of carbonyl (C=O) groups is 2. The lowest BCUT2D eigenvalue weighted by atomic mass is 10.0. The zero-order valence-electron chi connectivity index (χ0n) is 14.1. The number of carbonyl (C=O) groups excluding carboxylic acids is 2. The minimum atomic E-state index is -0.275. The number of aromatic nitrogens is 1. The molecule has 0 aliphatic carbocycles. The minimum Gasteiger partial charge on any atom is -0.450 e. The summed E-state index contributed by atoms with van der Waals surface area (Å²) in [6, 6.07) is 7.56. The van der Waals surface area contributed by atoms with Crippen molar-refractivity contribution < 1.29 is 14.3 Å². The van der Waals surface area contributed by atoms with Crippen molar-refractivity contribution in [1.82, 2.24) is 15.2 Å². The predicted octanol–water partition coefficient (Wildman–Crippen LogP) is 3.16. The number of piperidine rings is 1. The quantitative estimate of drug-likeness (QED) is 0.910. The molecule has 3 rings (SSSR count). The third-order valence-corrected chi connectivity index (χ3v) is 4.98. The SMILES string of the molecule is CCOC(=O)N1CCC(NC(=O)c2cccc(-c3nccs3)c2)CC1. The van der Waals surface area contributed by atoms with Crippen LogP contribution in [0.15, 0.2) is 35.8 Å². The van der Waals surface area contributed by atoms with Gasteiger partial charge in [0.15, 0.2) is 0 Å². The van der Waals surface area contributed by atoms with Crippen LogP contribution in [0.2, 0.25) is 0 Å². The summed E-state index contributed by atoms with van der Waals surface area (Å²) in [5.41, 5.74) is 1.57. The normalized spacial score (nSPS) is 15.0. The fraction of sp³-hybridized carbons (Fsp3) is 0.389. The van der Waals surface area contributed by atoms with Gasteiger partial charge in [-0.2, -0.15) is 0 Å². The van der Waals surface area contributed by atoms with E-state index in [-0.39, 0.29) is 18.0 Å². The van der Waals surface area contributed by atoms with Gasteiger partial charge in [0.25, 0.3) is 5.91 Å². The Hall–Kier alpha value is -2.41. The highest BCUT2D eigenvalue weighted by atomic mass is 32.1. The van der Waals surface area contributed by atoms with Crippen molar-refractivity contribution in [3.8, 4) is 10.6 Å². The molecule has 2 heterocycles. The van der Waals surface area contributed by atoms with Crippen LogP contribution in [-0.4, -0.2) is 47.6 Å². The Balaban J connectivity index is 1.57. The molecule has 0 unspecified atom stereocenters. The van der Waals surface area contributed by atoms with E-state index in [9.17, 15) is 9.59 Å². The third-order valence-electron chi connectivity index (χ3n) is 4.16. The zero-order chi connectivity index (χ0) is 17.6. The topological polar surface area (TPSA) is 71.5 Å². The number of hydrogen-bond acceptors (Lipinski definition) is 5. The van der Waals surface area contributed by atoms with Crippen LogP contribution in [0.5, 0.6) is 0 Å². The maximum atomic E-state index is 12.5. The van der Waals surface area contributed by atoms with Crippen LogP contribution in [0.3, 0.4) is 0 Å². The number of likely N-dealkylation sites (tertiary alicyclic amines) is 1. The van der Waals surface area contributed by atoms with E-state index in [4.69, 9.17) is 4.74 Å². The second-order valence-corrected chi connectivity index (χ2v) is 6.75. The molecule has 6 nitrogen and oxygen atoms in total. The van der Waals surface area contributed by atoms with Crippen LogP contribution >= 0.6 is 11.3 Å². The molecule has 1 aromatic carbocycles. The molecule has 0 bridgehead atoms. The van der Waals surface area contributed by atoms with Crippen molar-refractivity contribution in [3.05, 3.63) is 41.4 Å². The lowest BCUT2D eigenvalue weighted by Crippen LogP contribution is -2.46. The highest BCUT2D eigenvalue weighted by Gasteiger charge is 2.24. The smallest absolute Gasteiger partial charge is 0.409 e. The Bertz CT molecular complexity index is 725. The van der Waals surface area contributed by atoms with Crippen LogP contribution < -0.4 is 5.32 Å². The summed E-state index contributed by atoms with van der Waals surface area (Å²) in [5.74, 6) is -0.0898. The van der Waals surface area contributed by atoms with Gasteiger partial charge in [-0.1, -0.05) is 12.1 Å². The lowest BCUT2D eigenvalue weighted by molar-refractivity contribution is 0.0860. The molecule has 25 heavy (non-hydrogen) atoms. The average molecular weight is 359 g/mol. The summed E-state index contributed by atoms with van der Waals surface area (Å²) < 4.78 is 5.01. The van der Waals surface area contributed by atoms with Crippen LogP contribution in [0, 0.1) is 0 Å². The van der Waals surface area contributed by atoms with E-state index in [0.29, 0.717) is 25.3 Å². The van der Waals surface area contributed by atoms with E-state index in [0.717, 1.165) is 23.4 Å². The average Bonchev–Trinajstić information content (AvgIpc) is 3.17. The van der Waals surface area contributed by atoms with E-state index in [1.807, 2.05) is 23.6 Å². The van der Waals surface area contributed by atoms with Gasteiger partial charge in [-0.05, 0) is 31.9 Å². The minimum absolute atomic E-state index is 0.0710. The van der Waals surface area contributed by atoms with E-state index in [1.54, 1.807) is 35.4 Å². The number of hydrogen-bond donors (Lipinski definition) is 1. The first-order valence-corrected chi connectivity index (χ1v) is 9.28. The Morgan fingerprint density at radius 3 is 2.84 bits per heavy atom. The molecule has 1 fully saturated rings. The van der Waals surface area contributed by atoms with Gasteiger partial charge in [0.2, 0.25) is 0 Å². The summed E-state index contributed by atoms with van der Waals surface area (Å²) >= 11 is 1.55. The highest BCUT2D eigenvalue weighted by Crippen LogP contribution is 2.22. The number of nitrogens with zero attached hydrogens (tertiary/aromatic N) is 2. The van der Waals surface area contributed by atoms with Crippen LogP contribution in [-0.2, 0) is 4.74 Å². The third kappa shape index (κ3) is 4.36. The fourth-order valence-electron chi connectivity index (χ4n) is 2.85. The van der Waals surface area contributed by atoms with Crippen LogP contribution in [0.25, 0.3) is 10.6 Å². The Morgan fingerprint density at radius 1 is 1.36 bits per heavy atom.